The van der Waals surface area contributed by atoms with E-state index in [1.165, 1.54) is 24.3 Å². The number of hydrogen-bond donors (Lipinski definition) is 1. The SMILES string of the molecule is N#C[C@]1(CO)[C@H](c2ccc(Br)cc2)[C@@H]1S(=O)(=O)c1ccc(Cl)cc1. The van der Waals surface area contributed by atoms with Gasteiger partial charge in [-0.15, -0.1) is 0 Å². The summed E-state index contributed by atoms with van der Waals surface area (Å²) in [6.07, 6.45) is 0. The molecular weight excluding hydrogens is 414 g/mol. The Morgan fingerprint density at radius 1 is 1.17 bits per heavy atom. The molecule has 24 heavy (non-hydrogen) atoms. The van der Waals surface area contributed by atoms with E-state index in [4.69, 9.17) is 11.6 Å². The molecule has 4 nitrogen and oxygen atoms in total. The number of aliphatic hydroxyl groups is 1. The first-order valence-electron chi connectivity index (χ1n) is 7.14. The molecule has 0 aliphatic heterocycles. The van der Waals surface area contributed by atoms with Crippen LogP contribution in [0, 0.1) is 16.7 Å². The second-order valence-corrected chi connectivity index (χ2v) is 9.18. The van der Waals surface area contributed by atoms with Gasteiger partial charge in [-0.2, -0.15) is 5.26 Å². The van der Waals surface area contributed by atoms with E-state index in [0.717, 1.165) is 10.0 Å². The third-order valence-electron chi connectivity index (χ3n) is 4.43. The maximum absolute atomic E-state index is 13.0. The van der Waals surface area contributed by atoms with Gasteiger partial charge < -0.3 is 5.11 Å². The number of benzene rings is 2. The Hall–Kier alpha value is -1.39. The van der Waals surface area contributed by atoms with Crippen molar-refractivity contribution >= 4 is 37.4 Å². The van der Waals surface area contributed by atoms with Crippen molar-refractivity contribution in [2.75, 3.05) is 6.61 Å². The highest BCUT2D eigenvalue weighted by molar-refractivity contribution is 9.10. The molecule has 1 saturated carbocycles. The molecule has 1 fully saturated rings. The van der Waals surface area contributed by atoms with Crippen molar-refractivity contribution in [3.8, 4) is 6.07 Å². The van der Waals surface area contributed by atoms with E-state index in [1.807, 2.05) is 6.07 Å². The Bertz CT molecular complexity index is 906. The zero-order chi connectivity index (χ0) is 17.5. The quantitative estimate of drug-likeness (QED) is 0.811. The summed E-state index contributed by atoms with van der Waals surface area (Å²) in [4.78, 5) is 0.101. The van der Waals surface area contributed by atoms with Crippen LogP contribution in [0.25, 0.3) is 0 Å². The fourth-order valence-electron chi connectivity index (χ4n) is 3.13. The number of hydrogen-bond acceptors (Lipinski definition) is 4. The van der Waals surface area contributed by atoms with Gasteiger partial charge in [-0.05, 0) is 42.0 Å². The molecule has 124 valence electrons. The maximum atomic E-state index is 13.0. The number of nitrogens with zero attached hydrogens (tertiary/aromatic N) is 1. The van der Waals surface area contributed by atoms with Gasteiger partial charge in [-0.1, -0.05) is 39.7 Å². The van der Waals surface area contributed by atoms with Gasteiger partial charge in [0.2, 0.25) is 0 Å². The smallest absolute Gasteiger partial charge is 0.183 e. The predicted octanol–water partition coefficient (Wildman–Crippen LogP) is 3.54. The molecule has 2 aromatic carbocycles. The van der Waals surface area contributed by atoms with Crippen molar-refractivity contribution in [1.29, 1.82) is 5.26 Å². The van der Waals surface area contributed by atoms with Crippen molar-refractivity contribution < 1.29 is 13.5 Å². The van der Waals surface area contributed by atoms with Crippen molar-refractivity contribution in [2.24, 2.45) is 5.41 Å². The third kappa shape index (κ3) is 2.66. The van der Waals surface area contributed by atoms with Crippen LogP contribution in [-0.4, -0.2) is 25.4 Å². The Morgan fingerprint density at radius 2 is 1.75 bits per heavy atom. The average Bonchev–Trinajstić information content (AvgIpc) is 3.26. The summed E-state index contributed by atoms with van der Waals surface area (Å²) in [5.74, 6) is -0.568. The first-order valence-corrected chi connectivity index (χ1v) is 9.85. The third-order valence-corrected chi connectivity index (χ3v) is 7.50. The average molecular weight is 427 g/mol. The van der Waals surface area contributed by atoms with E-state index in [-0.39, 0.29) is 4.90 Å². The molecule has 0 bridgehead atoms. The van der Waals surface area contributed by atoms with E-state index in [9.17, 15) is 18.8 Å². The summed E-state index contributed by atoms with van der Waals surface area (Å²) in [7, 11) is -3.77. The second-order valence-electron chi connectivity index (χ2n) is 5.76. The lowest BCUT2D eigenvalue weighted by molar-refractivity contribution is 0.242. The molecule has 0 aromatic heterocycles. The zero-order valence-electron chi connectivity index (χ0n) is 12.4. The Balaban J connectivity index is 2.06. The van der Waals surface area contributed by atoms with E-state index < -0.39 is 33.0 Å². The number of halogens is 2. The van der Waals surface area contributed by atoms with Crippen LogP contribution in [0.1, 0.15) is 11.5 Å². The molecule has 0 spiro atoms. The Kier molecular flexibility index (Phi) is 4.47. The van der Waals surface area contributed by atoms with Gasteiger partial charge in [0.1, 0.15) is 5.41 Å². The first-order chi connectivity index (χ1) is 11.4. The number of aliphatic hydroxyl groups excluding tert-OH is 1. The standard InChI is InChI=1S/C17H13BrClNO3S/c18-12-3-1-11(2-4-12)15-16(17(15,9-20)10-21)24(22,23)14-7-5-13(19)6-8-14/h1-8,15-16,21H,10H2/t15-,16+,17+/m1/s1. The van der Waals surface area contributed by atoms with Crippen molar-refractivity contribution in [3.05, 3.63) is 63.6 Å². The van der Waals surface area contributed by atoms with Crippen LogP contribution in [0.5, 0.6) is 0 Å². The first kappa shape index (κ1) is 17.4. The molecule has 3 rings (SSSR count). The van der Waals surface area contributed by atoms with Crippen LogP contribution in [0.3, 0.4) is 0 Å². The maximum Gasteiger partial charge on any atom is 0.183 e. The topological polar surface area (TPSA) is 78.2 Å². The molecule has 1 aliphatic rings. The molecule has 7 heteroatoms. The Morgan fingerprint density at radius 3 is 2.25 bits per heavy atom. The van der Waals surface area contributed by atoms with Gasteiger partial charge in [0.05, 0.1) is 22.8 Å². The number of sulfone groups is 1. The summed E-state index contributed by atoms with van der Waals surface area (Å²) in [6.45, 7) is -0.512. The van der Waals surface area contributed by atoms with Gasteiger partial charge in [0.25, 0.3) is 0 Å². The molecule has 0 heterocycles. The van der Waals surface area contributed by atoms with Gasteiger partial charge in [0, 0.05) is 15.4 Å². The van der Waals surface area contributed by atoms with Gasteiger partial charge in [-0.3, -0.25) is 0 Å². The molecule has 0 radical (unpaired) electrons. The largest absolute Gasteiger partial charge is 0.395 e. The lowest BCUT2D eigenvalue weighted by Crippen LogP contribution is -2.18. The molecule has 0 unspecified atom stereocenters. The van der Waals surface area contributed by atoms with E-state index in [2.05, 4.69) is 15.9 Å². The van der Waals surface area contributed by atoms with Crippen molar-refractivity contribution in [1.82, 2.24) is 0 Å². The highest BCUT2D eigenvalue weighted by atomic mass is 79.9. The molecule has 0 amide bonds. The molecule has 2 aromatic rings. The van der Waals surface area contributed by atoms with Crippen LogP contribution in [0.4, 0.5) is 0 Å². The Labute approximate surface area is 153 Å². The van der Waals surface area contributed by atoms with Gasteiger partial charge >= 0.3 is 0 Å². The zero-order valence-corrected chi connectivity index (χ0v) is 15.5. The molecule has 1 aliphatic carbocycles. The van der Waals surface area contributed by atoms with Crippen molar-refractivity contribution in [2.45, 2.75) is 16.1 Å². The highest BCUT2D eigenvalue weighted by Gasteiger charge is 2.72. The van der Waals surface area contributed by atoms with Crippen LogP contribution in [-0.2, 0) is 9.84 Å². The van der Waals surface area contributed by atoms with Gasteiger partial charge in [0.15, 0.2) is 9.84 Å². The molecular formula is C17H13BrClNO3S. The van der Waals surface area contributed by atoms with Crippen LogP contribution in [0.15, 0.2) is 57.9 Å². The lowest BCUT2D eigenvalue weighted by Gasteiger charge is -2.06. The highest BCUT2D eigenvalue weighted by Crippen LogP contribution is 2.63. The fraction of sp³-hybridized carbons (Fsp3) is 0.235. The summed E-state index contributed by atoms with van der Waals surface area (Å²) in [6, 6.07) is 15.0. The fourth-order valence-corrected chi connectivity index (χ4v) is 5.84. The predicted molar refractivity (Wildman–Crippen MR) is 94.4 cm³/mol. The normalized spacial score (nSPS) is 25.9. The minimum atomic E-state index is -3.77. The van der Waals surface area contributed by atoms with Crippen LogP contribution in [0.2, 0.25) is 5.02 Å². The summed E-state index contributed by atoms with van der Waals surface area (Å²) < 4.78 is 26.8. The minimum absolute atomic E-state index is 0.101. The van der Waals surface area contributed by atoms with E-state index >= 15 is 0 Å². The monoisotopic (exact) mass is 425 g/mol. The molecule has 1 N–H and O–H groups in total. The van der Waals surface area contributed by atoms with E-state index in [0.29, 0.717) is 5.02 Å². The molecule has 0 saturated heterocycles. The minimum Gasteiger partial charge on any atom is -0.395 e. The van der Waals surface area contributed by atoms with Crippen LogP contribution < -0.4 is 0 Å². The molecule has 3 atom stereocenters. The van der Waals surface area contributed by atoms with E-state index in [1.54, 1.807) is 24.3 Å². The summed E-state index contributed by atoms with van der Waals surface area (Å²) in [5, 5.41) is 18.8. The number of rotatable bonds is 4. The number of nitriles is 1. The van der Waals surface area contributed by atoms with Gasteiger partial charge in [-0.25, -0.2) is 8.42 Å². The second kappa shape index (κ2) is 6.16. The van der Waals surface area contributed by atoms with Crippen LogP contribution >= 0.6 is 27.5 Å². The summed E-state index contributed by atoms with van der Waals surface area (Å²) >= 11 is 9.15. The lowest BCUT2D eigenvalue weighted by atomic mass is 10.0. The summed E-state index contributed by atoms with van der Waals surface area (Å²) in [5.41, 5.74) is -0.608. The van der Waals surface area contributed by atoms with Crippen molar-refractivity contribution in [3.63, 3.8) is 0 Å².